The standard InChI is InChI=1S/C25H34ClN5/c1-17(30-27-2)25-22-9-4-19(18-11-14-31(3)15-12-18)16-23(22)24(10-13-28-25)29-21-7-5-20(26)6-8-21/h4-9,16,18,24,27-30H,10-15H2,1-3H3/b25-17-/t24-/m1/s1. The maximum atomic E-state index is 6.10. The normalized spacial score (nSPS) is 21.6. The fraction of sp³-hybridized carbons (Fsp3) is 0.440. The van der Waals surface area contributed by atoms with E-state index in [4.69, 9.17) is 11.6 Å². The van der Waals surface area contributed by atoms with Crippen LogP contribution in [0.3, 0.4) is 0 Å². The van der Waals surface area contributed by atoms with Gasteiger partial charge in [0.1, 0.15) is 0 Å². The van der Waals surface area contributed by atoms with Crippen LogP contribution in [0.5, 0.6) is 0 Å². The van der Waals surface area contributed by atoms with Crippen LogP contribution in [-0.4, -0.2) is 38.6 Å². The Morgan fingerprint density at radius 2 is 1.81 bits per heavy atom. The van der Waals surface area contributed by atoms with Gasteiger partial charge in [0.15, 0.2) is 0 Å². The number of fused-ring (bicyclic) bond motifs is 1. The van der Waals surface area contributed by atoms with E-state index in [2.05, 4.69) is 70.7 Å². The van der Waals surface area contributed by atoms with Crippen LogP contribution in [-0.2, 0) is 0 Å². The number of anilines is 1. The molecule has 2 aromatic rings. The Hall–Kier alpha value is -2.21. The number of likely N-dealkylation sites (tertiary alicyclic amines) is 1. The molecule has 0 aliphatic carbocycles. The van der Waals surface area contributed by atoms with E-state index in [1.54, 1.807) is 0 Å². The lowest BCUT2D eigenvalue weighted by Gasteiger charge is -2.30. The van der Waals surface area contributed by atoms with Gasteiger partial charge in [-0.2, -0.15) is 0 Å². The second kappa shape index (κ2) is 9.94. The van der Waals surface area contributed by atoms with Crippen LogP contribution in [0, 0.1) is 0 Å². The van der Waals surface area contributed by atoms with E-state index in [1.165, 1.54) is 48.3 Å². The number of hydrogen-bond acceptors (Lipinski definition) is 5. The summed E-state index contributed by atoms with van der Waals surface area (Å²) in [4.78, 5) is 2.43. The topological polar surface area (TPSA) is 51.4 Å². The van der Waals surface area contributed by atoms with Crippen molar-refractivity contribution in [2.75, 3.05) is 39.0 Å². The molecule has 2 aliphatic rings. The number of hydrogen-bond donors (Lipinski definition) is 4. The van der Waals surface area contributed by atoms with Gasteiger partial charge < -0.3 is 21.0 Å². The Balaban J connectivity index is 1.72. The SMILES string of the molecule is CNN/C(C)=C1\NCC[C@@H](Nc2ccc(Cl)cc2)c2cc(C3CCN(C)CC3)ccc21. The highest BCUT2D eigenvalue weighted by molar-refractivity contribution is 6.30. The Morgan fingerprint density at radius 3 is 2.52 bits per heavy atom. The lowest BCUT2D eigenvalue weighted by Crippen LogP contribution is -2.29. The summed E-state index contributed by atoms with van der Waals surface area (Å²) >= 11 is 6.10. The molecule has 6 heteroatoms. The van der Waals surface area contributed by atoms with Gasteiger partial charge in [0.05, 0.1) is 11.7 Å². The number of allylic oxidation sites excluding steroid dienone is 1. The van der Waals surface area contributed by atoms with Crippen LogP contribution >= 0.6 is 11.6 Å². The summed E-state index contributed by atoms with van der Waals surface area (Å²) in [5.74, 6) is 0.637. The van der Waals surface area contributed by atoms with Gasteiger partial charge in [-0.15, -0.1) is 0 Å². The Labute approximate surface area is 191 Å². The minimum Gasteiger partial charge on any atom is -0.383 e. The van der Waals surface area contributed by atoms with E-state index in [1.807, 2.05) is 19.2 Å². The largest absolute Gasteiger partial charge is 0.383 e. The number of piperidine rings is 1. The molecule has 2 aromatic carbocycles. The molecule has 0 aromatic heterocycles. The third-order valence-electron chi connectivity index (χ3n) is 6.52. The highest BCUT2D eigenvalue weighted by Crippen LogP contribution is 2.36. The summed E-state index contributed by atoms with van der Waals surface area (Å²) < 4.78 is 0. The summed E-state index contributed by atoms with van der Waals surface area (Å²) in [6.07, 6.45) is 3.46. The minimum atomic E-state index is 0.231. The fourth-order valence-corrected chi connectivity index (χ4v) is 4.89. The van der Waals surface area contributed by atoms with Gasteiger partial charge in [-0.05, 0) is 87.6 Å². The summed E-state index contributed by atoms with van der Waals surface area (Å²) in [6.45, 7) is 5.36. The Morgan fingerprint density at radius 1 is 1.06 bits per heavy atom. The van der Waals surface area contributed by atoms with Gasteiger partial charge in [-0.1, -0.05) is 29.8 Å². The number of benzene rings is 2. The molecule has 31 heavy (non-hydrogen) atoms. The molecule has 1 atom stereocenters. The number of nitrogens with zero attached hydrogens (tertiary/aromatic N) is 1. The van der Waals surface area contributed by atoms with Crippen molar-refractivity contribution in [2.45, 2.75) is 38.1 Å². The molecule has 0 radical (unpaired) electrons. The van der Waals surface area contributed by atoms with E-state index >= 15 is 0 Å². The zero-order chi connectivity index (χ0) is 21.8. The lowest BCUT2D eigenvalue weighted by molar-refractivity contribution is 0.255. The van der Waals surface area contributed by atoms with Crippen molar-refractivity contribution < 1.29 is 0 Å². The van der Waals surface area contributed by atoms with Crippen LogP contribution < -0.4 is 21.5 Å². The van der Waals surface area contributed by atoms with Crippen molar-refractivity contribution >= 4 is 23.0 Å². The number of nitrogens with one attached hydrogen (secondary N) is 4. The lowest BCUT2D eigenvalue weighted by atomic mass is 9.85. The van der Waals surface area contributed by atoms with Gasteiger partial charge in [-0.3, -0.25) is 0 Å². The first-order chi connectivity index (χ1) is 15.0. The number of rotatable bonds is 5. The van der Waals surface area contributed by atoms with Crippen molar-refractivity contribution in [2.24, 2.45) is 0 Å². The van der Waals surface area contributed by atoms with Crippen LogP contribution in [0.1, 0.15) is 54.8 Å². The van der Waals surface area contributed by atoms with Crippen LogP contribution in [0.4, 0.5) is 5.69 Å². The molecule has 0 bridgehead atoms. The predicted octanol–water partition coefficient (Wildman–Crippen LogP) is 4.71. The van der Waals surface area contributed by atoms with E-state index in [0.29, 0.717) is 5.92 Å². The van der Waals surface area contributed by atoms with E-state index in [-0.39, 0.29) is 6.04 Å². The van der Waals surface area contributed by atoms with Gasteiger partial charge in [0, 0.05) is 35.6 Å². The first kappa shape index (κ1) is 22.0. The second-order valence-corrected chi connectivity index (χ2v) is 9.15. The first-order valence-electron chi connectivity index (χ1n) is 11.3. The molecule has 0 saturated carbocycles. The Kier molecular flexibility index (Phi) is 7.06. The maximum absolute atomic E-state index is 6.10. The number of halogens is 1. The quantitative estimate of drug-likeness (QED) is 0.508. The highest BCUT2D eigenvalue weighted by atomic mass is 35.5. The number of hydrazine groups is 1. The molecule has 4 rings (SSSR count). The third-order valence-corrected chi connectivity index (χ3v) is 6.77. The molecule has 0 spiro atoms. The first-order valence-corrected chi connectivity index (χ1v) is 11.7. The zero-order valence-electron chi connectivity index (χ0n) is 18.8. The molecule has 1 saturated heterocycles. The molecule has 0 unspecified atom stereocenters. The molecule has 1 fully saturated rings. The average molecular weight is 440 g/mol. The van der Waals surface area contributed by atoms with Gasteiger partial charge in [-0.25, -0.2) is 5.43 Å². The summed E-state index contributed by atoms with van der Waals surface area (Å²) in [6, 6.07) is 15.4. The minimum absolute atomic E-state index is 0.231. The van der Waals surface area contributed by atoms with Gasteiger partial charge >= 0.3 is 0 Å². The van der Waals surface area contributed by atoms with Crippen molar-refractivity contribution in [3.63, 3.8) is 0 Å². The zero-order valence-corrected chi connectivity index (χ0v) is 19.5. The Bertz CT molecular complexity index is 916. The van der Waals surface area contributed by atoms with Gasteiger partial charge in [0.25, 0.3) is 0 Å². The second-order valence-electron chi connectivity index (χ2n) is 8.72. The van der Waals surface area contributed by atoms with Crippen LogP contribution in [0.2, 0.25) is 5.02 Å². The molecular weight excluding hydrogens is 406 g/mol. The third kappa shape index (κ3) is 5.17. The van der Waals surface area contributed by atoms with Crippen molar-refractivity contribution in [3.05, 3.63) is 69.9 Å². The van der Waals surface area contributed by atoms with Gasteiger partial charge in [0.2, 0.25) is 0 Å². The monoisotopic (exact) mass is 439 g/mol. The van der Waals surface area contributed by atoms with Crippen molar-refractivity contribution in [1.29, 1.82) is 0 Å². The van der Waals surface area contributed by atoms with E-state index in [0.717, 1.165) is 29.4 Å². The predicted molar refractivity (Wildman–Crippen MR) is 131 cm³/mol. The van der Waals surface area contributed by atoms with E-state index in [9.17, 15) is 0 Å². The highest BCUT2D eigenvalue weighted by Gasteiger charge is 2.25. The average Bonchev–Trinajstić information content (AvgIpc) is 2.95. The summed E-state index contributed by atoms with van der Waals surface area (Å²) in [5, 5.41) is 8.19. The molecule has 166 valence electrons. The molecular formula is C25H34ClN5. The van der Waals surface area contributed by atoms with Crippen LogP contribution in [0.25, 0.3) is 5.70 Å². The van der Waals surface area contributed by atoms with Crippen molar-refractivity contribution in [1.82, 2.24) is 21.1 Å². The molecule has 4 N–H and O–H groups in total. The summed E-state index contributed by atoms with van der Waals surface area (Å²) in [5.41, 5.74) is 13.8. The molecule has 2 heterocycles. The van der Waals surface area contributed by atoms with Crippen LogP contribution in [0.15, 0.2) is 48.2 Å². The fourth-order valence-electron chi connectivity index (χ4n) is 4.77. The molecule has 2 aliphatic heterocycles. The summed E-state index contributed by atoms with van der Waals surface area (Å²) in [7, 11) is 4.12. The smallest absolute Gasteiger partial charge is 0.0621 e. The molecule has 0 amide bonds. The van der Waals surface area contributed by atoms with Crippen molar-refractivity contribution in [3.8, 4) is 0 Å². The van der Waals surface area contributed by atoms with E-state index < -0.39 is 0 Å². The molecule has 5 nitrogen and oxygen atoms in total. The maximum Gasteiger partial charge on any atom is 0.0621 e.